The number of aromatic nitrogens is 4. The zero-order valence-corrected chi connectivity index (χ0v) is 17.0. The Labute approximate surface area is 159 Å². The standard InChI is InChI=1S/C17H19ClIN5/c1-8(2)11-6-24(16-13(11)15(18)22-17(20)23-16)7-12-10(4)14(19)9(3)5-21-12/h5-6,8H,7H2,1-4H3,(H2,20,22,23). The third-order valence-electron chi connectivity index (χ3n) is 4.18. The molecule has 3 rings (SSSR count). The van der Waals surface area contributed by atoms with Crippen molar-refractivity contribution in [2.45, 2.75) is 40.2 Å². The summed E-state index contributed by atoms with van der Waals surface area (Å²) in [5, 5.41) is 1.28. The van der Waals surface area contributed by atoms with Crippen molar-refractivity contribution in [3.05, 3.63) is 43.5 Å². The first-order valence-corrected chi connectivity index (χ1v) is 9.17. The highest BCUT2D eigenvalue weighted by molar-refractivity contribution is 14.1. The van der Waals surface area contributed by atoms with Crippen LogP contribution in [0.15, 0.2) is 12.4 Å². The number of halogens is 2. The molecular formula is C17H19ClIN5. The molecule has 0 bridgehead atoms. The topological polar surface area (TPSA) is 69.6 Å². The van der Waals surface area contributed by atoms with Crippen LogP contribution in [0.4, 0.5) is 5.95 Å². The van der Waals surface area contributed by atoms with Crippen LogP contribution in [0, 0.1) is 17.4 Å². The van der Waals surface area contributed by atoms with Gasteiger partial charge in [-0.05, 0) is 59.0 Å². The molecule has 0 unspecified atom stereocenters. The monoisotopic (exact) mass is 455 g/mol. The van der Waals surface area contributed by atoms with E-state index in [1.54, 1.807) is 0 Å². The van der Waals surface area contributed by atoms with Gasteiger partial charge in [-0.3, -0.25) is 4.98 Å². The Balaban J connectivity index is 2.19. The molecule has 0 aliphatic carbocycles. The number of nitrogens with two attached hydrogens (primary N) is 1. The van der Waals surface area contributed by atoms with Gasteiger partial charge in [0.2, 0.25) is 5.95 Å². The van der Waals surface area contributed by atoms with Gasteiger partial charge in [-0.25, -0.2) is 4.98 Å². The molecule has 2 N–H and O–H groups in total. The molecule has 5 nitrogen and oxygen atoms in total. The van der Waals surface area contributed by atoms with Crippen molar-refractivity contribution in [3.63, 3.8) is 0 Å². The second-order valence-corrected chi connectivity index (χ2v) is 7.70. The summed E-state index contributed by atoms with van der Waals surface area (Å²) in [6, 6.07) is 0. The first kappa shape index (κ1) is 17.4. The van der Waals surface area contributed by atoms with E-state index < -0.39 is 0 Å². The zero-order valence-electron chi connectivity index (χ0n) is 14.1. The molecule has 0 amide bonds. The molecule has 0 fully saturated rings. The van der Waals surface area contributed by atoms with Gasteiger partial charge in [-0.15, -0.1) is 0 Å². The van der Waals surface area contributed by atoms with Crippen molar-refractivity contribution in [2.75, 3.05) is 5.73 Å². The van der Waals surface area contributed by atoms with Gasteiger partial charge in [0.25, 0.3) is 0 Å². The molecule has 3 aromatic heterocycles. The van der Waals surface area contributed by atoms with Crippen molar-refractivity contribution in [3.8, 4) is 0 Å². The van der Waals surface area contributed by atoms with Crippen molar-refractivity contribution >= 4 is 51.2 Å². The predicted molar refractivity (Wildman–Crippen MR) is 107 cm³/mol. The lowest BCUT2D eigenvalue weighted by molar-refractivity contribution is 0.774. The average Bonchev–Trinajstić information content (AvgIpc) is 2.87. The van der Waals surface area contributed by atoms with Gasteiger partial charge < -0.3 is 10.3 Å². The van der Waals surface area contributed by atoms with Crippen LogP contribution in [0.3, 0.4) is 0 Å². The molecule has 3 aromatic rings. The van der Waals surface area contributed by atoms with Gasteiger partial charge in [0, 0.05) is 16.0 Å². The molecule has 0 aliphatic heterocycles. The van der Waals surface area contributed by atoms with E-state index in [1.807, 2.05) is 6.20 Å². The fourth-order valence-electron chi connectivity index (χ4n) is 2.82. The van der Waals surface area contributed by atoms with Crippen LogP contribution in [0.25, 0.3) is 11.0 Å². The first-order valence-electron chi connectivity index (χ1n) is 7.72. The fourth-order valence-corrected chi connectivity index (χ4v) is 3.55. The van der Waals surface area contributed by atoms with Crippen molar-refractivity contribution < 1.29 is 0 Å². The summed E-state index contributed by atoms with van der Waals surface area (Å²) in [5.74, 6) is 0.496. The van der Waals surface area contributed by atoms with Crippen LogP contribution in [-0.4, -0.2) is 19.5 Å². The molecule has 0 spiro atoms. The van der Waals surface area contributed by atoms with Crippen molar-refractivity contribution in [2.24, 2.45) is 0 Å². The average molecular weight is 456 g/mol. The highest BCUT2D eigenvalue weighted by Gasteiger charge is 2.18. The van der Waals surface area contributed by atoms with Gasteiger partial charge in [-0.1, -0.05) is 25.4 Å². The lowest BCUT2D eigenvalue weighted by Crippen LogP contribution is -2.06. The summed E-state index contributed by atoms with van der Waals surface area (Å²) in [6.45, 7) is 9.05. The third kappa shape index (κ3) is 2.97. The molecule has 0 aliphatic rings. The van der Waals surface area contributed by atoms with Crippen LogP contribution in [-0.2, 0) is 6.54 Å². The molecule has 0 saturated carbocycles. The number of pyridine rings is 1. The lowest BCUT2D eigenvalue weighted by atomic mass is 10.0. The second kappa shape index (κ2) is 6.48. The van der Waals surface area contributed by atoms with Gasteiger partial charge in [0.05, 0.1) is 17.6 Å². The molecule has 126 valence electrons. The SMILES string of the molecule is Cc1cnc(Cn2cc(C(C)C)c3c(Cl)nc(N)nc32)c(C)c1I. The summed E-state index contributed by atoms with van der Waals surface area (Å²) < 4.78 is 3.31. The van der Waals surface area contributed by atoms with Gasteiger partial charge >= 0.3 is 0 Å². The molecule has 0 atom stereocenters. The number of hydrogen-bond donors (Lipinski definition) is 1. The fraction of sp³-hybridized carbons (Fsp3) is 0.353. The highest BCUT2D eigenvalue weighted by Crippen LogP contribution is 2.32. The van der Waals surface area contributed by atoms with E-state index in [0.717, 1.165) is 22.3 Å². The zero-order chi connectivity index (χ0) is 17.6. The van der Waals surface area contributed by atoms with Crippen LogP contribution < -0.4 is 5.73 Å². The number of aryl methyl sites for hydroxylation is 1. The van der Waals surface area contributed by atoms with E-state index in [2.05, 4.69) is 76.0 Å². The maximum atomic E-state index is 6.34. The number of fused-ring (bicyclic) bond motifs is 1. The van der Waals surface area contributed by atoms with E-state index in [1.165, 1.54) is 14.7 Å². The van der Waals surface area contributed by atoms with Crippen LogP contribution in [0.2, 0.25) is 5.15 Å². The summed E-state index contributed by atoms with van der Waals surface area (Å²) in [6.07, 6.45) is 4.00. The van der Waals surface area contributed by atoms with E-state index in [0.29, 0.717) is 17.6 Å². The van der Waals surface area contributed by atoms with Crippen LogP contribution in [0.1, 0.15) is 42.1 Å². The summed E-state index contributed by atoms with van der Waals surface area (Å²) in [4.78, 5) is 13.1. The highest BCUT2D eigenvalue weighted by atomic mass is 127. The number of nitrogen functional groups attached to an aromatic ring is 1. The quantitative estimate of drug-likeness (QED) is 0.468. The maximum absolute atomic E-state index is 6.34. The Morgan fingerprint density at radius 2 is 2.00 bits per heavy atom. The Bertz CT molecular complexity index is 933. The van der Waals surface area contributed by atoms with E-state index in [9.17, 15) is 0 Å². The minimum atomic E-state index is 0.185. The molecule has 0 aromatic carbocycles. The predicted octanol–water partition coefficient (Wildman–Crippen LogP) is 4.46. The number of nitrogens with zero attached hydrogens (tertiary/aromatic N) is 4. The number of hydrogen-bond acceptors (Lipinski definition) is 4. The Morgan fingerprint density at radius 3 is 2.67 bits per heavy atom. The molecule has 24 heavy (non-hydrogen) atoms. The first-order chi connectivity index (χ1) is 11.3. The van der Waals surface area contributed by atoms with Crippen LogP contribution >= 0.6 is 34.2 Å². The maximum Gasteiger partial charge on any atom is 0.223 e. The molecule has 0 saturated heterocycles. The summed E-state index contributed by atoms with van der Waals surface area (Å²) in [5.41, 5.74) is 11.1. The van der Waals surface area contributed by atoms with E-state index in [4.69, 9.17) is 17.3 Å². The third-order valence-corrected chi connectivity index (χ3v) is 6.12. The molecular weight excluding hydrogens is 437 g/mol. The summed E-state index contributed by atoms with van der Waals surface area (Å²) in [7, 11) is 0. The molecule has 7 heteroatoms. The van der Waals surface area contributed by atoms with Crippen LogP contribution in [0.5, 0.6) is 0 Å². The molecule has 3 heterocycles. The van der Waals surface area contributed by atoms with Gasteiger partial charge in [0.15, 0.2) is 0 Å². The normalized spacial score (nSPS) is 11.6. The summed E-state index contributed by atoms with van der Waals surface area (Å²) >= 11 is 8.71. The van der Waals surface area contributed by atoms with E-state index >= 15 is 0 Å². The number of anilines is 1. The van der Waals surface area contributed by atoms with Gasteiger partial charge in [-0.2, -0.15) is 4.98 Å². The largest absolute Gasteiger partial charge is 0.368 e. The minimum absolute atomic E-state index is 0.185. The van der Waals surface area contributed by atoms with E-state index in [-0.39, 0.29) is 5.95 Å². The van der Waals surface area contributed by atoms with Gasteiger partial charge in [0.1, 0.15) is 10.8 Å². The Morgan fingerprint density at radius 1 is 1.29 bits per heavy atom. The van der Waals surface area contributed by atoms with Crippen molar-refractivity contribution in [1.29, 1.82) is 0 Å². The second-order valence-electron chi connectivity index (χ2n) is 6.27. The van der Waals surface area contributed by atoms with Crippen molar-refractivity contribution in [1.82, 2.24) is 19.5 Å². The smallest absolute Gasteiger partial charge is 0.223 e. The number of rotatable bonds is 3. The molecule has 0 radical (unpaired) electrons. The Hall–Kier alpha value is -1.41. The minimum Gasteiger partial charge on any atom is -0.368 e. The lowest BCUT2D eigenvalue weighted by Gasteiger charge is -2.10. The Kier molecular flexibility index (Phi) is 4.70.